The number of sulfonamides is 1. The van der Waals surface area contributed by atoms with Gasteiger partial charge in [-0.05, 0) is 5.56 Å². The van der Waals surface area contributed by atoms with Crippen LogP contribution in [0.3, 0.4) is 0 Å². The molecule has 2 rings (SSSR count). The molecule has 2 aromatic carbocycles. The summed E-state index contributed by atoms with van der Waals surface area (Å²) in [6, 6.07) is 10.5. The fraction of sp³-hybridized carbons (Fsp3) is 0.286. The van der Waals surface area contributed by atoms with Gasteiger partial charge in [0.15, 0.2) is 0 Å². The lowest BCUT2D eigenvalue weighted by molar-refractivity contribution is 0.108. The quantitative estimate of drug-likeness (QED) is 0.410. The Morgan fingerprint density at radius 2 is 1.86 bits per heavy atom. The Bertz CT molecular complexity index is 794. The van der Waals surface area contributed by atoms with E-state index in [1.165, 1.54) is 11.1 Å². The Balaban J connectivity index is 2.02. The highest BCUT2D eigenvalue weighted by Crippen LogP contribution is 2.12. The third-order valence-corrected chi connectivity index (χ3v) is 3.60. The maximum Gasteiger partial charge on any atom is 0.251 e. The molecule has 0 aliphatic rings. The maximum atomic E-state index is 11.5. The molecule has 0 atom stereocenters. The third kappa shape index (κ3) is 4.48. The van der Waals surface area contributed by atoms with E-state index in [0.717, 1.165) is 11.8 Å². The second-order valence-corrected chi connectivity index (χ2v) is 6.58. The van der Waals surface area contributed by atoms with Crippen molar-refractivity contribution in [1.29, 1.82) is 0 Å². The molecule has 0 bridgehead atoms. The van der Waals surface area contributed by atoms with Crippen molar-refractivity contribution in [3.8, 4) is 0 Å². The second kappa shape index (κ2) is 6.82. The maximum absolute atomic E-state index is 11.5. The number of nitrogens with zero attached hydrogens (tertiary/aromatic N) is 1. The van der Waals surface area contributed by atoms with Gasteiger partial charge in [-0.15, -0.1) is 0 Å². The number of rotatable bonds is 8. The minimum atomic E-state index is -3.30. The lowest BCUT2D eigenvalue weighted by atomic mass is 10.2. The monoisotopic (exact) mass is 324 g/mol. The van der Waals surface area contributed by atoms with Gasteiger partial charge in [-0.1, -0.05) is 30.3 Å². The van der Waals surface area contributed by atoms with Gasteiger partial charge in [0.05, 0.1) is 19.4 Å². The molecule has 0 unspecified atom stereocenters. The zero-order valence-corrected chi connectivity index (χ0v) is 12.8. The van der Waals surface area contributed by atoms with Gasteiger partial charge in [0.2, 0.25) is 15.5 Å². The Morgan fingerprint density at radius 3 is 2.41 bits per heavy atom. The van der Waals surface area contributed by atoms with Gasteiger partial charge in [-0.3, -0.25) is 14.4 Å². The van der Waals surface area contributed by atoms with Crippen molar-refractivity contribution in [2.75, 3.05) is 24.5 Å². The van der Waals surface area contributed by atoms with E-state index in [4.69, 9.17) is 4.84 Å². The second-order valence-electron chi connectivity index (χ2n) is 4.74. The molecule has 0 aliphatic carbocycles. The summed E-state index contributed by atoms with van der Waals surface area (Å²) in [5, 5.41) is 1.31. The van der Waals surface area contributed by atoms with E-state index in [2.05, 4.69) is 4.72 Å². The summed E-state index contributed by atoms with van der Waals surface area (Å²) in [6.45, 7) is 0.392. The number of benzene rings is 1. The average Bonchev–Trinajstić information content (AvgIpc) is 2.48. The van der Waals surface area contributed by atoms with E-state index in [0.29, 0.717) is 0 Å². The van der Waals surface area contributed by atoms with Gasteiger partial charge in [0.25, 0.3) is 5.43 Å². The van der Waals surface area contributed by atoms with Crippen LogP contribution in [0.2, 0.25) is 0 Å². The van der Waals surface area contributed by atoms with Crippen LogP contribution in [0.5, 0.6) is 0 Å². The summed E-state index contributed by atoms with van der Waals surface area (Å²) in [5.74, 6) is 0. The van der Waals surface area contributed by atoms with Crippen LogP contribution in [0.15, 0.2) is 46.0 Å². The normalized spacial score (nSPS) is 11.7. The molecule has 0 saturated heterocycles. The number of hydrogen-bond acceptors (Lipinski definition) is 6. The van der Waals surface area contributed by atoms with E-state index in [1.807, 2.05) is 30.3 Å². The molecule has 0 fully saturated rings. The van der Waals surface area contributed by atoms with Gasteiger partial charge in [0.1, 0.15) is 5.69 Å². The van der Waals surface area contributed by atoms with Crippen molar-refractivity contribution in [3.05, 3.63) is 62.4 Å². The van der Waals surface area contributed by atoms with E-state index in [-0.39, 0.29) is 25.4 Å². The molecule has 8 heteroatoms. The number of nitrogens with one attached hydrogen (secondary N) is 1. The molecule has 0 aliphatic heterocycles. The van der Waals surface area contributed by atoms with E-state index < -0.39 is 20.9 Å². The van der Waals surface area contributed by atoms with Crippen molar-refractivity contribution in [2.24, 2.45) is 0 Å². The predicted molar refractivity (Wildman–Crippen MR) is 82.8 cm³/mol. The summed E-state index contributed by atoms with van der Waals surface area (Å²) in [6.07, 6.45) is 1.05. The minimum Gasteiger partial charge on any atom is -0.285 e. The van der Waals surface area contributed by atoms with Gasteiger partial charge in [0, 0.05) is 12.6 Å². The van der Waals surface area contributed by atoms with Crippen LogP contribution in [0, 0.1) is 0 Å². The van der Waals surface area contributed by atoms with Crippen LogP contribution in [0.4, 0.5) is 5.69 Å². The molecule has 118 valence electrons. The zero-order valence-electron chi connectivity index (χ0n) is 12.0. The van der Waals surface area contributed by atoms with Crippen molar-refractivity contribution in [2.45, 2.75) is 6.54 Å². The van der Waals surface area contributed by atoms with E-state index in [1.54, 1.807) is 0 Å². The van der Waals surface area contributed by atoms with Crippen LogP contribution in [0.1, 0.15) is 5.56 Å². The van der Waals surface area contributed by atoms with Crippen LogP contribution in [0.25, 0.3) is 0 Å². The Morgan fingerprint density at radius 1 is 1.18 bits per heavy atom. The van der Waals surface area contributed by atoms with Crippen molar-refractivity contribution in [1.82, 2.24) is 4.72 Å². The molecule has 7 nitrogen and oxygen atoms in total. The standard InChI is InChI=1S/C14H16N2O5S/c1-22(19,20)15-7-8-21-16(12-9-13(17)14(12)18)10-11-5-3-2-4-6-11/h2-6,9,15H,7-8,10H2,1H3. The molecule has 22 heavy (non-hydrogen) atoms. The molecular weight excluding hydrogens is 308 g/mol. The van der Waals surface area contributed by atoms with Crippen molar-refractivity contribution in [3.63, 3.8) is 0 Å². The fourth-order valence-corrected chi connectivity index (χ4v) is 2.28. The number of hydrogen-bond donors (Lipinski definition) is 1. The Labute approximate surface area is 127 Å². The first-order chi connectivity index (χ1) is 10.4. The Hall–Kier alpha value is -2.03. The van der Waals surface area contributed by atoms with Crippen LogP contribution >= 0.6 is 0 Å². The third-order valence-electron chi connectivity index (χ3n) is 2.88. The molecule has 0 heterocycles. The highest BCUT2D eigenvalue weighted by molar-refractivity contribution is 7.88. The van der Waals surface area contributed by atoms with Crippen molar-refractivity contribution >= 4 is 15.7 Å². The summed E-state index contributed by atoms with van der Waals surface area (Å²) in [7, 11) is -3.30. The SMILES string of the molecule is CS(=O)(=O)NCCON(Cc1ccccc1)c1cc(=O)c1=O. The smallest absolute Gasteiger partial charge is 0.251 e. The molecule has 0 aromatic heterocycles. The molecule has 0 spiro atoms. The summed E-state index contributed by atoms with van der Waals surface area (Å²) < 4.78 is 24.2. The molecule has 0 saturated carbocycles. The zero-order chi connectivity index (χ0) is 16.2. The molecule has 0 amide bonds. The topological polar surface area (TPSA) is 92.8 Å². The molecule has 1 N–H and O–H groups in total. The molecular formula is C14H16N2O5S. The van der Waals surface area contributed by atoms with E-state index >= 15 is 0 Å². The van der Waals surface area contributed by atoms with E-state index in [9.17, 15) is 18.0 Å². The lowest BCUT2D eigenvalue weighted by Gasteiger charge is -2.24. The highest BCUT2D eigenvalue weighted by atomic mass is 32.2. The molecule has 0 radical (unpaired) electrons. The fourth-order valence-electron chi connectivity index (χ4n) is 1.82. The predicted octanol–water partition coefficient (Wildman–Crippen LogP) is -0.230. The van der Waals surface area contributed by atoms with Crippen molar-refractivity contribution < 1.29 is 13.3 Å². The average molecular weight is 324 g/mol. The molecule has 2 aromatic rings. The highest BCUT2D eigenvalue weighted by Gasteiger charge is 2.18. The summed E-state index contributed by atoms with van der Waals surface area (Å²) in [5.41, 5.74) is -0.0993. The van der Waals surface area contributed by atoms with Gasteiger partial charge >= 0.3 is 0 Å². The minimum absolute atomic E-state index is 0.0404. The Kier molecular flexibility index (Phi) is 5.07. The van der Waals surface area contributed by atoms with Gasteiger partial charge in [-0.2, -0.15) is 0 Å². The first-order valence-electron chi connectivity index (χ1n) is 6.56. The summed E-state index contributed by atoms with van der Waals surface area (Å²) in [4.78, 5) is 28.0. The summed E-state index contributed by atoms with van der Waals surface area (Å²) >= 11 is 0. The van der Waals surface area contributed by atoms with Crippen LogP contribution in [-0.4, -0.2) is 27.8 Å². The van der Waals surface area contributed by atoms with Crippen LogP contribution in [-0.2, 0) is 21.4 Å². The number of hydroxylamine groups is 1. The van der Waals surface area contributed by atoms with Crippen LogP contribution < -0.4 is 20.6 Å². The van der Waals surface area contributed by atoms with Gasteiger partial charge in [-0.25, -0.2) is 18.2 Å². The van der Waals surface area contributed by atoms with Gasteiger partial charge < -0.3 is 0 Å². The number of anilines is 1. The largest absolute Gasteiger partial charge is 0.285 e. The first kappa shape index (κ1) is 16.3. The first-order valence-corrected chi connectivity index (χ1v) is 8.45. The lowest BCUT2D eigenvalue weighted by Crippen LogP contribution is -2.40.